The summed E-state index contributed by atoms with van der Waals surface area (Å²) >= 11 is 4.92. The van der Waals surface area contributed by atoms with E-state index in [9.17, 15) is 5.26 Å². The lowest BCUT2D eigenvalue weighted by Gasteiger charge is -2.20. The molecule has 2 aromatic rings. The average molecular weight is 427 g/mol. The topological polar surface area (TPSA) is 99.1 Å². The molecule has 31 heavy (non-hydrogen) atoms. The molecule has 0 radical (unpaired) electrons. The third-order valence-electron chi connectivity index (χ3n) is 4.71. The van der Waals surface area contributed by atoms with Gasteiger partial charge in [0.25, 0.3) is 0 Å². The first-order chi connectivity index (χ1) is 14.8. The number of thiocarbonyl (C=S) groups is 1. The molecule has 0 bridgehead atoms. The van der Waals surface area contributed by atoms with Gasteiger partial charge in [0.2, 0.25) is 0 Å². The van der Waals surface area contributed by atoms with Gasteiger partial charge in [-0.3, -0.25) is 0 Å². The number of rotatable bonds is 3. The van der Waals surface area contributed by atoms with Crippen molar-refractivity contribution in [2.24, 2.45) is 0 Å². The minimum absolute atomic E-state index is 0.0252. The fourth-order valence-electron chi connectivity index (χ4n) is 3.21. The first kappa shape index (κ1) is 21.6. The van der Waals surface area contributed by atoms with Crippen molar-refractivity contribution >= 4 is 34.3 Å². The smallest absolute Gasteiger partial charge is 0.357 e. The van der Waals surface area contributed by atoms with E-state index in [1.165, 1.54) is 7.11 Å². The van der Waals surface area contributed by atoms with Gasteiger partial charge in [0.1, 0.15) is 35.1 Å². The molecule has 0 saturated heterocycles. The molecule has 0 N–H and O–H groups in total. The molecule has 0 unspecified atom stereocenters. The van der Waals surface area contributed by atoms with Crippen molar-refractivity contribution in [3.8, 4) is 24.0 Å². The highest BCUT2D eigenvalue weighted by atomic mass is 32.1. The fraction of sp³-hybridized carbons (Fsp3) is 0.167. The summed E-state index contributed by atoms with van der Waals surface area (Å²) in [6.07, 6.45) is 3.65. The molecular weight excluding hydrogens is 410 g/mol. The Kier molecular flexibility index (Phi) is 6.07. The van der Waals surface area contributed by atoms with Gasteiger partial charge in [-0.05, 0) is 48.4 Å². The lowest BCUT2D eigenvalue weighted by atomic mass is 9.94. The second kappa shape index (κ2) is 8.71. The van der Waals surface area contributed by atoms with Crippen molar-refractivity contribution in [1.29, 1.82) is 15.8 Å². The summed E-state index contributed by atoms with van der Waals surface area (Å²) in [6, 6.07) is 17.1. The summed E-state index contributed by atoms with van der Waals surface area (Å²) in [5.74, 6) is 0.610. The van der Waals surface area contributed by atoms with Crippen LogP contribution in [0.4, 0.5) is 0 Å². The SMILES string of the molecule is COC(=S)Oc1ccc2cc(/C=C/C3=C(C#N)C(=C(C#N)C#N)OC3(C)C)ccc2c1. The third kappa shape index (κ3) is 4.41. The number of allylic oxidation sites excluding steroid dienone is 2. The van der Waals surface area contributed by atoms with Crippen LogP contribution in [0.1, 0.15) is 19.4 Å². The van der Waals surface area contributed by atoms with Gasteiger partial charge in [0.05, 0.1) is 7.11 Å². The molecule has 0 atom stereocenters. The molecule has 0 spiro atoms. The maximum absolute atomic E-state index is 9.62. The Hall–Kier alpha value is -4.12. The Balaban J connectivity index is 1.97. The predicted molar refractivity (Wildman–Crippen MR) is 119 cm³/mol. The van der Waals surface area contributed by atoms with Crippen LogP contribution in [0.5, 0.6) is 5.75 Å². The molecule has 7 heteroatoms. The van der Waals surface area contributed by atoms with E-state index in [-0.39, 0.29) is 22.1 Å². The van der Waals surface area contributed by atoms with E-state index in [4.69, 9.17) is 37.0 Å². The zero-order chi connectivity index (χ0) is 22.6. The van der Waals surface area contributed by atoms with Crippen molar-refractivity contribution in [2.45, 2.75) is 19.4 Å². The lowest BCUT2D eigenvalue weighted by molar-refractivity contribution is 0.0954. The quantitative estimate of drug-likeness (QED) is 0.497. The van der Waals surface area contributed by atoms with Crippen LogP contribution in [-0.2, 0) is 9.47 Å². The number of hydrogen-bond donors (Lipinski definition) is 0. The number of methoxy groups -OCH3 is 1. The van der Waals surface area contributed by atoms with E-state index < -0.39 is 5.60 Å². The Morgan fingerprint density at radius 2 is 1.71 bits per heavy atom. The standard InChI is InChI=1S/C24H17N3O3S/c1-24(2)21(20(14-27)22(30-24)18(12-25)13-26)9-5-15-4-6-17-11-19(29-23(31)28-3)8-7-16(17)10-15/h4-11H,1-3H3/b9-5+. The van der Waals surface area contributed by atoms with E-state index in [1.54, 1.807) is 38.1 Å². The Morgan fingerprint density at radius 1 is 1.03 bits per heavy atom. The molecule has 1 heterocycles. The minimum atomic E-state index is -0.849. The Bertz CT molecular complexity index is 1280. The predicted octanol–water partition coefficient (Wildman–Crippen LogP) is 5.09. The summed E-state index contributed by atoms with van der Waals surface area (Å²) in [4.78, 5) is 0. The Labute approximate surface area is 185 Å². The number of nitriles is 3. The van der Waals surface area contributed by atoms with Crippen LogP contribution in [0.2, 0.25) is 0 Å². The van der Waals surface area contributed by atoms with Gasteiger partial charge in [-0.25, -0.2) is 0 Å². The van der Waals surface area contributed by atoms with Gasteiger partial charge in [-0.2, -0.15) is 15.8 Å². The number of ether oxygens (including phenoxy) is 3. The van der Waals surface area contributed by atoms with Gasteiger partial charge in [-0.1, -0.05) is 30.4 Å². The van der Waals surface area contributed by atoms with Crippen LogP contribution in [0.15, 0.2) is 65.0 Å². The lowest BCUT2D eigenvalue weighted by Crippen LogP contribution is -2.20. The summed E-state index contributed by atoms with van der Waals surface area (Å²) in [7, 11) is 1.45. The van der Waals surface area contributed by atoms with Crippen LogP contribution in [0.3, 0.4) is 0 Å². The van der Waals surface area contributed by atoms with E-state index in [0.29, 0.717) is 11.3 Å². The average Bonchev–Trinajstić information content (AvgIpc) is 3.02. The van der Waals surface area contributed by atoms with Gasteiger partial charge in [-0.15, -0.1) is 0 Å². The highest BCUT2D eigenvalue weighted by molar-refractivity contribution is 7.79. The van der Waals surface area contributed by atoms with E-state index in [2.05, 4.69) is 6.07 Å². The first-order valence-corrected chi connectivity index (χ1v) is 9.60. The molecule has 0 amide bonds. The van der Waals surface area contributed by atoms with E-state index in [1.807, 2.05) is 36.4 Å². The van der Waals surface area contributed by atoms with Crippen molar-refractivity contribution in [2.75, 3.05) is 7.11 Å². The molecule has 0 aliphatic carbocycles. The molecule has 0 fully saturated rings. The summed E-state index contributed by atoms with van der Waals surface area (Å²) in [6.45, 7) is 3.57. The molecule has 2 aromatic carbocycles. The largest absolute Gasteiger partial charge is 0.480 e. The van der Waals surface area contributed by atoms with E-state index >= 15 is 0 Å². The van der Waals surface area contributed by atoms with Crippen molar-refractivity contribution in [3.63, 3.8) is 0 Å². The molecule has 0 aromatic heterocycles. The fourth-order valence-corrected chi connectivity index (χ4v) is 3.31. The maximum atomic E-state index is 9.62. The second-order valence-electron chi connectivity index (χ2n) is 7.10. The first-order valence-electron chi connectivity index (χ1n) is 9.19. The molecule has 1 aliphatic rings. The number of fused-ring (bicyclic) bond motifs is 1. The van der Waals surface area contributed by atoms with Crippen LogP contribution >= 0.6 is 12.2 Å². The van der Waals surface area contributed by atoms with Gasteiger partial charge >= 0.3 is 5.24 Å². The van der Waals surface area contributed by atoms with Crippen LogP contribution in [0.25, 0.3) is 16.8 Å². The highest BCUT2D eigenvalue weighted by Crippen LogP contribution is 2.40. The summed E-state index contributed by atoms with van der Waals surface area (Å²) in [5, 5.41) is 30.0. The molecular formula is C24H17N3O3S. The third-order valence-corrected chi connectivity index (χ3v) is 4.96. The van der Waals surface area contributed by atoms with Crippen LogP contribution in [0, 0.1) is 34.0 Å². The molecule has 152 valence electrons. The van der Waals surface area contributed by atoms with Gasteiger partial charge in [0, 0.05) is 17.8 Å². The van der Waals surface area contributed by atoms with E-state index in [0.717, 1.165) is 16.3 Å². The van der Waals surface area contributed by atoms with Crippen LogP contribution in [-0.4, -0.2) is 17.9 Å². The van der Waals surface area contributed by atoms with Crippen LogP contribution < -0.4 is 4.74 Å². The van der Waals surface area contributed by atoms with Gasteiger partial charge < -0.3 is 14.2 Å². The minimum Gasteiger partial charge on any atom is -0.480 e. The molecule has 3 rings (SSSR count). The van der Waals surface area contributed by atoms with Gasteiger partial charge in [0.15, 0.2) is 11.3 Å². The van der Waals surface area contributed by atoms with Crippen molar-refractivity contribution in [1.82, 2.24) is 0 Å². The monoisotopic (exact) mass is 427 g/mol. The number of nitrogens with zero attached hydrogens (tertiary/aromatic N) is 3. The number of hydrogen-bond acceptors (Lipinski definition) is 7. The Morgan fingerprint density at radius 3 is 2.35 bits per heavy atom. The zero-order valence-electron chi connectivity index (χ0n) is 17.1. The second-order valence-corrected chi connectivity index (χ2v) is 7.43. The molecule has 0 saturated carbocycles. The van der Waals surface area contributed by atoms with Crippen molar-refractivity contribution < 1.29 is 14.2 Å². The molecule has 1 aliphatic heterocycles. The highest BCUT2D eigenvalue weighted by Gasteiger charge is 2.38. The number of benzene rings is 2. The molecule has 6 nitrogen and oxygen atoms in total. The van der Waals surface area contributed by atoms with Crippen molar-refractivity contribution in [3.05, 3.63) is 70.5 Å². The summed E-state index contributed by atoms with van der Waals surface area (Å²) < 4.78 is 16.0. The summed E-state index contributed by atoms with van der Waals surface area (Å²) in [5.41, 5.74) is 0.636. The normalized spacial score (nSPS) is 14.5. The zero-order valence-corrected chi connectivity index (χ0v) is 17.9. The maximum Gasteiger partial charge on any atom is 0.357 e.